The molecule has 4 nitrogen and oxygen atoms in total. The fourth-order valence-electron chi connectivity index (χ4n) is 2.63. The minimum Gasteiger partial charge on any atom is -0.371 e. The summed E-state index contributed by atoms with van der Waals surface area (Å²) >= 11 is 0. The molecule has 0 unspecified atom stereocenters. The highest BCUT2D eigenvalue weighted by Gasteiger charge is 2.30. The summed E-state index contributed by atoms with van der Waals surface area (Å²) in [7, 11) is -1.76. The highest BCUT2D eigenvalue weighted by Crippen LogP contribution is 2.35. The van der Waals surface area contributed by atoms with E-state index in [0.29, 0.717) is 24.3 Å². The molecule has 0 aromatic heterocycles. The summed E-state index contributed by atoms with van der Waals surface area (Å²) in [5, 5.41) is 0. The Bertz CT molecular complexity index is 821. The second-order valence-corrected chi connectivity index (χ2v) is 7.26. The van der Waals surface area contributed by atoms with E-state index in [4.69, 9.17) is 0 Å². The number of likely N-dealkylation sites (N-methyl/N-ethyl adjacent to an activating group) is 1. The van der Waals surface area contributed by atoms with Crippen LogP contribution in [0, 0.1) is 12.7 Å². The Morgan fingerprint density at radius 3 is 2.41 bits per heavy atom. The van der Waals surface area contributed by atoms with Crippen LogP contribution in [0.1, 0.15) is 5.56 Å². The van der Waals surface area contributed by atoms with Gasteiger partial charge in [-0.05, 0) is 42.8 Å². The summed E-state index contributed by atoms with van der Waals surface area (Å²) in [4.78, 5) is 2.14. The van der Waals surface area contributed by atoms with Gasteiger partial charge in [0.25, 0.3) is 10.0 Å². The van der Waals surface area contributed by atoms with Crippen LogP contribution in [0.4, 0.5) is 15.8 Å². The number of halogens is 1. The van der Waals surface area contributed by atoms with Crippen LogP contribution in [0.3, 0.4) is 0 Å². The number of anilines is 2. The summed E-state index contributed by atoms with van der Waals surface area (Å²) in [6.07, 6.45) is 0. The first kappa shape index (κ1) is 14.8. The highest BCUT2D eigenvalue weighted by molar-refractivity contribution is 7.92. The van der Waals surface area contributed by atoms with E-state index in [0.717, 1.165) is 5.69 Å². The fourth-order valence-corrected chi connectivity index (χ4v) is 4.19. The lowest BCUT2D eigenvalue weighted by atomic mass is 10.2. The monoisotopic (exact) mass is 320 g/mol. The van der Waals surface area contributed by atoms with Crippen LogP contribution in [-0.4, -0.2) is 28.6 Å². The number of hydrogen-bond acceptors (Lipinski definition) is 3. The predicted molar refractivity (Wildman–Crippen MR) is 85.4 cm³/mol. The molecule has 2 aromatic carbocycles. The maximum atomic E-state index is 13.4. The van der Waals surface area contributed by atoms with Gasteiger partial charge < -0.3 is 4.90 Å². The molecule has 1 aliphatic heterocycles. The van der Waals surface area contributed by atoms with Crippen molar-refractivity contribution in [3.8, 4) is 0 Å². The summed E-state index contributed by atoms with van der Waals surface area (Å²) in [5.41, 5.74) is 1.85. The molecule has 0 amide bonds. The molecule has 1 heterocycles. The van der Waals surface area contributed by atoms with E-state index in [-0.39, 0.29) is 4.90 Å². The van der Waals surface area contributed by atoms with E-state index < -0.39 is 15.8 Å². The zero-order chi connectivity index (χ0) is 15.9. The zero-order valence-corrected chi connectivity index (χ0v) is 13.3. The summed E-state index contributed by atoms with van der Waals surface area (Å²) in [5.74, 6) is -0.405. The molecule has 116 valence electrons. The maximum Gasteiger partial charge on any atom is 0.264 e. The van der Waals surface area contributed by atoms with Gasteiger partial charge in [-0.15, -0.1) is 0 Å². The Morgan fingerprint density at radius 1 is 1.05 bits per heavy atom. The quantitative estimate of drug-likeness (QED) is 0.854. The van der Waals surface area contributed by atoms with Crippen LogP contribution in [0.5, 0.6) is 0 Å². The van der Waals surface area contributed by atoms with Gasteiger partial charge in [0.1, 0.15) is 5.82 Å². The van der Waals surface area contributed by atoms with Gasteiger partial charge in [0.05, 0.1) is 22.8 Å². The predicted octanol–water partition coefficient (Wildman–Crippen LogP) is 2.78. The van der Waals surface area contributed by atoms with E-state index in [1.807, 2.05) is 30.1 Å². The van der Waals surface area contributed by atoms with Crippen LogP contribution in [0.25, 0.3) is 0 Å². The normalized spacial score (nSPS) is 14.9. The van der Waals surface area contributed by atoms with Crippen molar-refractivity contribution in [3.63, 3.8) is 0 Å². The number of nitrogens with zero attached hydrogens (tertiary/aromatic N) is 2. The van der Waals surface area contributed by atoms with E-state index >= 15 is 0 Å². The summed E-state index contributed by atoms with van der Waals surface area (Å²) in [6.45, 7) is 2.54. The molecule has 0 aliphatic carbocycles. The number of sulfonamides is 1. The number of fused-ring (bicyclic) bond motifs is 1. The molecule has 0 saturated heterocycles. The number of benzene rings is 2. The van der Waals surface area contributed by atoms with Crippen LogP contribution in [0.15, 0.2) is 47.4 Å². The summed E-state index contributed by atoms with van der Waals surface area (Å²) in [6, 6.07) is 11.3. The van der Waals surface area contributed by atoms with E-state index in [1.165, 1.54) is 22.5 Å². The molecular formula is C16H17FN2O2S. The topological polar surface area (TPSA) is 40.6 Å². The molecule has 3 rings (SSSR count). The average Bonchev–Trinajstić information content (AvgIpc) is 2.50. The maximum absolute atomic E-state index is 13.4. The lowest BCUT2D eigenvalue weighted by Gasteiger charge is -2.36. The average molecular weight is 320 g/mol. The van der Waals surface area contributed by atoms with Gasteiger partial charge in [0.15, 0.2) is 0 Å². The lowest BCUT2D eigenvalue weighted by molar-refractivity contribution is 0.587. The minimum absolute atomic E-state index is 0.116. The van der Waals surface area contributed by atoms with E-state index in [2.05, 4.69) is 0 Å². The first-order valence-corrected chi connectivity index (χ1v) is 8.44. The number of para-hydroxylation sites is 2. The number of hydrogen-bond donors (Lipinski definition) is 0. The molecule has 0 bridgehead atoms. The lowest BCUT2D eigenvalue weighted by Crippen LogP contribution is -2.42. The molecule has 0 fully saturated rings. The van der Waals surface area contributed by atoms with Crippen molar-refractivity contribution in [2.24, 2.45) is 0 Å². The molecule has 0 spiro atoms. The zero-order valence-electron chi connectivity index (χ0n) is 12.5. The molecule has 1 aliphatic rings. The van der Waals surface area contributed by atoms with Crippen molar-refractivity contribution >= 4 is 21.4 Å². The number of rotatable bonds is 2. The van der Waals surface area contributed by atoms with Gasteiger partial charge in [0.2, 0.25) is 0 Å². The van der Waals surface area contributed by atoms with Crippen LogP contribution < -0.4 is 9.21 Å². The number of aryl methyl sites for hydroxylation is 1. The molecule has 22 heavy (non-hydrogen) atoms. The van der Waals surface area contributed by atoms with Crippen LogP contribution >= 0.6 is 0 Å². The standard InChI is InChI=1S/C16H17FN2O2S/c1-12-11-13(7-8-14(12)17)22(20,21)19-10-9-18(2)15-5-3-4-6-16(15)19/h3-8,11H,9-10H2,1-2H3. The third kappa shape index (κ3) is 2.33. The van der Waals surface area contributed by atoms with Crippen molar-refractivity contribution in [1.29, 1.82) is 0 Å². The van der Waals surface area contributed by atoms with Crippen molar-refractivity contribution < 1.29 is 12.8 Å². The van der Waals surface area contributed by atoms with Crippen molar-refractivity contribution in [3.05, 3.63) is 53.8 Å². The van der Waals surface area contributed by atoms with Crippen molar-refractivity contribution in [2.75, 3.05) is 29.3 Å². The van der Waals surface area contributed by atoms with Crippen LogP contribution in [0.2, 0.25) is 0 Å². The Morgan fingerprint density at radius 2 is 1.73 bits per heavy atom. The van der Waals surface area contributed by atoms with Crippen molar-refractivity contribution in [1.82, 2.24) is 0 Å². The van der Waals surface area contributed by atoms with Gasteiger partial charge in [-0.1, -0.05) is 12.1 Å². The second kappa shape index (κ2) is 5.28. The Balaban J connectivity index is 2.10. The smallest absolute Gasteiger partial charge is 0.264 e. The van der Waals surface area contributed by atoms with Gasteiger partial charge in [-0.2, -0.15) is 0 Å². The fraction of sp³-hybridized carbons (Fsp3) is 0.250. The minimum atomic E-state index is -3.70. The van der Waals surface area contributed by atoms with Gasteiger partial charge in [-0.25, -0.2) is 12.8 Å². The molecule has 0 saturated carbocycles. The van der Waals surface area contributed by atoms with Gasteiger partial charge in [0, 0.05) is 13.6 Å². The van der Waals surface area contributed by atoms with Crippen LogP contribution in [-0.2, 0) is 10.0 Å². The second-order valence-electron chi connectivity index (χ2n) is 5.40. The molecule has 0 radical (unpaired) electrons. The molecule has 0 atom stereocenters. The third-order valence-electron chi connectivity index (χ3n) is 3.92. The third-order valence-corrected chi connectivity index (χ3v) is 5.73. The Kier molecular flexibility index (Phi) is 3.56. The highest BCUT2D eigenvalue weighted by atomic mass is 32.2. The largest absolute Gasteiger partial charge is 0.371 e. The molecule has 6 heteroatoms. The molecular weight excluding hydrogens is 303 g/mol. The first-order valence-electron chi connectivity index (χ1n) is 7.00. The Labute approximate surface area is 129 Å². The molecule has 2 aromatic rings. The molecule has 0 N–H and O–H groups in total. The van der Waals surface area contributed by atoms with Gasteiger partial charge in [-0.3, -0.25) is 4.31 Å². The van der Waals surface area contributed by atoms with E-state index in [1.54, 1.807) is 13.0 Å². The van der Waals surface area contributed by atoms with Gasteiger partial charge >= 0.3 is 0 Å². The summed E-state index contributed by atoms with van der Waals surface area (Å²) < 4.78 is 40.6. The SMILES string of the molecule is Cc1cc(S(=O)(=O)N2CCN(C)c3ccccc32)ccc1F. The van der Waals surface area contributed by atoms with Crippen molar-refractivity contribution in [2.45, 2.75) is 11.8 Å². The Hall–Kier alpha value is -2.08. The first-order chi connectivity index (χ1) is 10.4. The van der Waals surface area contributed by atoms with E-state index in [9.17, 15) is 12.8 Å².